The van der Waals surface area contributed by atoms with Gasteiger partial charge in [-0.05, 0) is 18.6 Å². The highest BCUT2D eigenvalue weighted by Crippen LogP contribution is 2.33. The molecule has 1 heterocycles. The van der Waals surface area contributed by atoms with Crippen LogP contribution >= 0.6 is 0 Å². The number of nitrogens with zero attached hydrogens (tertiary/aromatic N) is 1. The van der Waals surface area contributed by atoms with Gasteiger partial charge in [-0.2, -0.15) is 0 Å². The van der Waals surface area contributed by atoms with E-state index in [0.29, 0.717) is 26.0 Å². The summed E-state index contributed by atoms with van der Waals surface area (Å²) in [7, 11) is 1.79. The molecule has 1 aromatic carbocycles. The van der Waals surface area contributed by atoms with Crippen molar-refractivity contribution >= 4 is 17.6 Å². The number of anilines is 1. The summed E-state index contributed by atoms with van der Waals surface area (Å²) >= 11 is 0. The molecule has 1 amide bonds. The fourth-order valence-electron chi connectivity index (χ4n) is 2.41. The fraction of sp³-hybridized carbons (Fsp3) is 0.467. The van der Waals surface area contributed by atoms with Crippen LogP contribution in [0.1, 0.15) is 31.4 Å². The lowest BCUT2D eigenvalue weighted by molar-refractivity contribution is -0.143. The number of benzene rings is 1. The Hall–Kier alpha value is -1.88. The molecule has 1 N–H and O–H groups in total. The third kappa shape index (κ3) is 3.17. The highest BCUT2D eigenvalue weighted by Gasteiger charge is 2.28. The van der Waals surface area contributed by atoms with E-state index in [2.05, 4.69) is 5.32 Å². The first-order valence-corrected chi connectivity index (χ1v) is 6.88. The van der Waals surface area contributed by atoms with Crippen LogP contribution in [0.5, 0.6) is 0 Å². The van der Waals surface area contributed by atoms with Crippen molar-refractivity contribution in [3.8, 4) is 0 Å². The summed E-state index contributed by atoms with van der Waals surface area (Å²) in [5, 5.41) is 3.27. The van der Waals surface area contributed by atoms with Gasteiger partial charge in [0.05, 0.1) is 13.0 Å². The first kappa shape index (κ1) is 14.5. The maximum atomic E-state index is 12.0. The molecular weight excluding hydrogens is 256 g/mol. The largest absolute Gasteiger partial charge is 0.466 e. The Morgan fingerprint density at radius 3 is 2.95 bits per heavy atom. The molecule has 0 saturated carbocycles. The van der Waals surface area contributed by atoms with Crippen molar-refractivity contribution in [1.29, 1.82) is 0 Å². The molecule has 0 spiro atoms. The summed E-state index contributed by atoms with van der Waals surface area (Å²) in [6.07, 6.45) is 0.729. The second-order valence-electron chi connectivity index (χ2n) is 4.78. The number of amides is 1. The Morgan fingerprint density at radius 1 is 1.45 bits per heavy atom. The number of nitrogens with one attached hydrogen (secondary N) is 1. The van der Waals surface area contributed by atoms with Gasteiger partial charge in [0.2, 0.25) is 5.91 Å². The summed E-state index contributed by atoms with van der Waals surface area (Å²) in [4.78, 5) is 24.9. The van der Waals surface area contributed by atoms with E-state index >= 15 is 0 Å². The van der Waals surface area contributed by atoms with Crippen LogP contribution in [-0.4, -0.2) is 32.1 Å². The minimum Gasteiger partial charge on any atom is -0.466 e. The molecule has 0 saturated heterocycles. The van der Waals surface area contributed by atoms with Crippen molar-refractivity contribution in [1.82, 2.24) is 5.32 Å². The van der Waals surface area contributed by atoms with Crippen molar-refractivity contribution in [3.05, 3.63) is 29.8 Å². The maximum Gasteiger partial charge on any atom is 0.307 e. The molecule has 1 aliphatic heterocycles. The van der Waals surface area contributed by atoms with Gasteiger partial charge in [-0.3, -0.25) is 9.59 Å². The van der Waals surface area contributed by atoms with Crippen LogP contribution < -0.4 is 10.2 Å². The number of carbonyl (C=O) groups excluding carboxylic acids is 2. The molecule has 1 aromatic rings. The Kier molecular flexibility index (Phi) is 4.74. The lowest BCUT2D eigenvalue weighted by atomic mass is 9.96. The fourth-order valence-corrected chi connectivity index (χ4v) is 2.41. The molecule has 20 heavy (non-hydrogen) atoms. The van der Waals surface area contributed by atoms with Gasteiger partial charge in [-0.1, -0.05) is 18.2 Å². The normalized spacial score (nSPS) is 17.8. The van der Waals surface area contributed by atoms with Gasteiger partial charge in [-0.25, -0.2) is 0 Å². The number of rotatable bonds is 5. The van der Waals surface area contributed by atoms with Gasteiger partial charge < -0.3 is 15.0 Å². The maximum absolute atomic E-state index is 12.0. The molecule has 2 rings (SSSR count). The Balaban J connectivity index is 2.00. The van der Waals surface area contributed by atoms with Crippen LogP contribution in [0.2, 0.25) is 0 Å². The topological polar surface area (TPSA) is 58.6 Å². The first-order chi connectivity index (χ1) is 9.63. The molecule has 0 bridgehead atoms. The average Bonchev–Trinajstić information content (AvgIpc) is 2.44. The van der Waals surface area contributed by atoms with Crippen LogP contribution in [-0.2, 0) is 14.3 Å². The zero-order chi connectivity index (χ0) is 14.5. The van der Waals surface area contributed by atoms with Crippen LogP contribution in [0.4, 0.5) is 5.69 Å². The Labute approximate surface area is 118 Å². The van der Waals surface area contributed by atoms with E-state index < -0.39 is 0 Å². The summed E-state index contributed by atoms with van der Waals surface area (Å²) in [6, 6.07) is 7.79. The van der Waals surface area contributed by atoms with E-state index in [0.717, 1.165) is 11.3 Å². The van der Waals surface area contributed by atoms with Crippen molar-refractivity contribution < 1.29 is 14.3 Å². The molecule has 1 unspecified atom stereocenters. The van der Waals surface area contributed by atoms with Crippen LogP contribution in [0.25, 0.3) is 0 Å². The predicted octanol–water partition coefficient (Wildman–Crippen LogP) is 1.64. The van der Waals surface area contributed by atoms with E-state index in [4.69, 9.17) is 4.74 Å². The highest BCUT2D eigenvalue weighted by molar-refractivity contribution is 5.96. The number of esters is 1. The zero-order valence-corrected chi connectivity index (χ0v) is 11.9. The van der Waals surface area contributed by atoms with Gasteiger partial charge in [0, 0.05) is 31.7 Å². The molecule has 5 heteroatoms. The molecule has 0 aromatic heterocycles. The molecule has 108 valence electrons. The van der Waals surface area contributed by atoms with Gasteiger partial charge in [-0.15, -0.1) is 0 Å². The van der Waals surface area contributed by atoms with Crippen molar-refractivity contribution in [2.45, 2.75) is 25.8 Å². The van der Waals surface area contributed by atoms with Crippen molar-refractivity contribution in [2.75, 3.05) is 25.1 Å². The van der Waals surface area contributed by atoms with Gasteiger partial charge in [0.25, 0.3) is 0 Å². The lowest BCUT2D eigenvalue weighted by Gasteiger charge is -2.32. The molecule has 1 atom stereocenters. The standard InChI is InChI=1S/C15H20N2O3/c1-3-20-15(19)8-9-16-12-10-14(18)17(2)13-7-5-4-6-11(12)13/h4-7,12,16H,3,8-10H2,1-2H3. The van der Waals surface area contributed by atoms with E-state index in [1.54, 1.807) is 18.9 Å². The second-order valence-corrected chi connectivity index (χ2v) is 4.78. The second kappa shape index (κ2) is 6.52. The first-order valence-electron chi connectivity index (χ1n) is 6.88. The van der Waals surface area contributed by atoms with Gasteiger partial charge in [0.15, 0.2) is 0 Å². The molecule has 5 nitrogen and oxygen atoms in total. The summed E-state index contributed by atoms with van der Waals surface area (Å²) < 4.78 is 4.88. The predicted molar refractivity (Wildman–Crippen MR) is 76.5 cm³/mol. The van der Waals surface area contributed by atoms with Crippen molar-refractivity contribution in [2.24, 2.45) is 0 Å². The van der Waals surface area contributed by atoms with Gasteiger partial charge >= 0.3 is 5.97 Å². The van der Waals surface area contributed by atoms with Crippen LogP contribution in [0, 0.1) is 0 Å². The monoisotopic (exact) mass is 276 g/mol. The quantitative estimate of drug-likeness (QED) is 0.831. The number of hydrogen-bond donors (Lipinski definition) is 1. The Bertz CT molecular complexity index is 502. The zero-order valence-electron chi connectivity index (χ0n) is 11.9. The third-order valence-electron chi connectivity index (χ3n) is 3.45. The van der Waals surface area contributed by atoms with Crippen LogP contribution in [0.3, 0.4) is 0 Å². The molecule has 0 fully saturated rings. The average molecular weight is 276 g/mol. The molecule has 0 aliphatic carbocycles. The van der Waals surface area contributed by atoms with E-state index in [-0.39, 0.29) is 17.9 Å². The van der Waals surface area contributed by atoms with Crippen molar-refractivity contribution in [3.63, 3.8) is 0 Å². The van der Waals surface area contributed by atoms with Crippen LogP contribution in [0.15, 0.2) is 24.3 Å². The number of para-hydroxylation sites is 1. The Morgan fingerprint density at radius 2 is 2.20 bits per heavy atom. The minimum absolute atomic E-state index is 0.0377. The number of hydrogen-bond acceptors (Lipinski definition) is 4. The molecule has 1 aliphatic rings. The van der Waals surface area contributed by atoms with E-state index in [1.807, 2.05) is 24.3 Å². The van der Waals surface area contributed by atoms with E-state index in [9.17, 15) is 9.59 Å². The SMILES string of the molecule is CCOC(=O)CCNC1CC(=O)N(C)c2ccccc21. The number of ether oxygens (including phenoxy) is 1. The number of fused-ring (bicyclic) bond motifs is 1. The third-order valence-corrected chi connectivity index (χ3v) is 3.45. The highest BCUT2D eigenvalue weighted by atomic mass is 16.5. The number of carbonyl (C=O) groups is 2. The van der Waals surface area contributed by atoms with Gasteiger partial charge in [0.1, 0.15) is 0 Å². The molecular formula is C15H20N2O3. The lowest BCUT2D eigenvalue weighted by Crippen LogP contribution is -2.38. The summed E-state index contributed by atoms with van der Waals surface area (Å²) in [6.45, 7) is 2.69. The molecule has 0 radical (unpaired) electrons. The van der Waals surface area contributed by atoms with E-state index in [1.165, 1.54) is 0 Å². The summed E-state index contributed by atoms with van der Waals surface area (Å²) in [5.74, 6) is -0.134. The summed E-state index contributed by atoms with van der Waals surface area (Å²) in [5.41, 5.74) is 2.02. The smallest absolute Gasteiger partial charge is 0.307 e. The minimum atomic E-state index is -0.215.